The number of amides is 1. The Bertz CT molecular complexity index is 423. The van der Waals surface area contributed by atoms with E-state index in [4.69, 9.17) is 0 Å². The van der Waals surface area contributed by atoms with Crippen molar-refractivity contribution in [1.82, 2.24) is 10.3 Å². The van der Waals surface area contributed by atoms with Crippen molar-refractivity contribution in [2.45, 2.75) is 46.1 Å². The van der Waals surface area contributed by atoms with Crippen molar-refractivity contribution < 1.29 is 9.18 Å². The second-order valence-corrected chi connectivity index (χ2v) is 4.45. The van der Waals surface area contributed by atoms with Crippen LogP contribution < -0.4 is 10.6 Å². The van der Waals surface area contributed by atoms with Crippen molar-refractivity contribution >= 4 is 11.7 Å². The molecule has 1 atom stereocenters. The summed E-state index contributed by atoms with van der Waals surface area (Å²) in [7, 11) is 0. The molecule has 1 amide bonds. The number of hydrogen-bond acceptors (Lipinski definition) is 3. The van der Waals surface area contributed by atoms with Gasteiger partial charge in [-0.05, 0) is 25.8 Å². The molecule has 0 bridgehead atoms. The lowest BCUT2D eigenvalue weighted by Gasteiger charge is -2.17. The van der Waals surface area contributed by atoms with Crippen LogP contribution in [0.2, 0.25) is 0 Å². The molecule has 19 heavy (non-hydrogen) atoms. The molecule has 0 aliphatic carbocycles. The number of aromatic nitrogens is 1. The topological polar surface area (TPSA) is 54.0 Å². The zero-order valence-electron chi connectivity index (χ0n) is 11.8. The summed E-state index contributed by atoms with van der Waals surface area (Å²) in [6.45, 7) is 6.63. The third-order valence-electron chi connectivity index (χ3n) is 2.91. The number of nitrogens with zero attached hydrogens (tertiary/aromatic N) is 1. The van der Waals surface area contributed by atoms with Gasteiger partial charge < -0.3 is 10.6 Å². The number of carbonyl (C=O) groups is 1. The van der Waals surface area contributed by atoms with Gasteiger partial charge in [-0.2, -0.15) is 0 Å². The summed E-state index contributed by atoms with van der Waals surface area (Å²) in [5.74, 6) is -0.355. The predicted octanol–water partition coefficient (Wildman–Crippen LogP) is 2.96. The van der Waals surface area contributed by atoms with E-state index >= 15 is 0 Å². The third-order valence-corrected chi connectivity index (χ3v) is 2.91. The van der Waals surface area contributed by atoms with E-state index in [-0.39, 0.29) is 17.5 Å². The van der Waals surface area contributed by atoms with Crippen LogP contribution in [0.1, 0.15) is 50.4 Å². The minimum absolute atomic E-state index is 0.121. The van der Waals surface area contributed by atoms with E-state index in [9.17, 15) is 9.18 Å². The van der Waals surface area contributed by atoms with Gasteiger partial charge in [0.1, 0.15) is 11.6 Å². The SMILES string of the molecule is CCCC(CC)NC(=O)c1cc(F)cnc1NCC. The van der Waals surface area contributed by atoms with Crippen LogP contribution in [0.5, 0.6) is 0 Å². The quantitative estimate of drug-likeness (QED) is 0.798. The highest BCUT2D eigenvalue weighted by atomic mass is 19.1. The fraction of sp³-hybridized carbons (Fsp3) is 0.571. The normalized spacial score (nSPS) is 12.0. The lowest BCUT2D eigenvalue weighted by Crippen LogP contribution is -2.34. The number of carbonyl (C=O) groups excluding carboxylic acids is 1. The lowest BCUT2D eigenvalue weighted by molar-refractivity contribution is 0.0934. The van der Waals surface area contributed by atoms with Crippen LogP contribution in [0, 0.1) is 5.82 Å². The van der Waals surface area contributed by atoms with E-state index in [0.717, 1.165) is 25.5 Å². The average Bonchev–Trinajstić information content (AvgIpc) is 2.40. The largest absolute Gasteiger partial charge is 0.370 e. The molecular formula is C14H22FN3O. The lowest BCUT2D eigenvalue weighted by atomic mass is 10.1. The molecule has 106 valence electrons. The molecule has 0 radical (unpaired) electrons. The number of pyridine rings is 1. The number of nitrogens with one attached hydrogen (secondary N) is 2. The fourth-order valence-electron chi connectivity index (χ4n) is 1.91. The summed E-state index contributed by atoms with van der Waals surface area (Å²) in [6, 6.07) is 1.34. The fourth-order valence-corrected chi connectivity index (χ4v) is 1.91. The van der Waals surface area contributed by atoms with Gasteiger partial charge in [-0.15, -0.1) is 0 Å². The van der Waals surface area contributed by atoms with Crippen molar-refractivity contribution in [2.24, 2.45) is 0 Å². The first-order valence-electron chi connectivity index (χ1n) is 6.82. The molecule has 0 saturated carbocycles. The minimum Gasteiger partial charge on any atom is -0.370 e. The van der Waals surface area contributed by atoms with Gasteiger partial charge in [-0.25, -0.2) is 9.37 Å². The molecule has 4 nitrogen and oxygen atoms in total. The van der Waals surface area contributed by atoms with Crippen LogP contribution in [-0.2, 0) is 0 Å². The highest BCUT2D eigenvalue weighted by molar-refractivity contribution is 5.98. The molecule has 0 aromatic carbocycles. The van der Waals surface area contributed by atoms with Crippen LogP contribution in [0.3, 0.4) is 0 Å². The Morgan fingerprint density at radius 1 is 1.42 bits per heavy atom. The number of rotatable bonds is 7. The highest BCUT2D eigenvalue weighted by Crippen LogP contribution is 2.14. The molecule has 1 aromatic heterocycles. The Balaban J connectivity index is 2.87. The van der Waals surface area contributed by atoms with Crippen molar-refractivity contribution in [1.29, 1.82) is 0 Å². The Kier molecular flexibility index (Phi) is 6.25. The highest BCUT2D eigenvalue weighted by Gasteiger charge is 2.16. The summed E-state index contributed by atoms with van der Waals surface area (Å²) in [4.78, 5) is 16.1. The van der Waals surface area contributed by atoms with E-state index in [2.05, 4.69) is 22.5 Å². The zero-order valence-corrected chi connectivity index (χ0v) is 11.8. The van der Waals surface area contributed by atoms with Gasteiger partial charge in [0.05, 0.1) is 11.8 Å². The molecule has 0 saturated heterocycles. The monoisotopic (exact) mass is 267 g/mol. The maximum absolute atomic E-state index is 13.2. The van der Waals surface area contributed by atoms with Crippen LogP contribution in [-0.4, -0.2) is 23.5 Å². The molecule has 1 unspecified atom stereocenters. The van der Waals surface area contributed by atoms with E-state index in [0.29, 0.717) is 12.4 Å². The zero-order chi connectivity index (χ0) is 14.3. The summed E-state index contributed by atoms with van der Waals surface area (Å²) in [6.07, 6.45) is 3.89. The second-order valence-electron chi connectivity index (χ2n) is 4.45. The van der Waals surface area contributed by atoms with Crippen molar-refractivity contribution in [3.8, 4) is 0 Å². The number of halogens is 1. The van der Waals surface area contributed by atoms with Gasteiger partial charge in [0.2, 0.25) is 0 Å². The predicted molar refractivity (Wildman–Crippen MR) is 74.8 cm³/mol. The number of hydrogen-bond donors (Lipinski definition) is 2. The second kappa shape index (κ2) is 7.71. The molecule has 0 aliphatic rings. The van der Waals surface area contributed by atoms with Gasteiger partial charge >= 0.3 is 0 Å². The maximum atomic E-state index is 13.2. The summed E-state index contributed by atoms with van der Waals surface area (Å²) < 4.78 is 13.2. The van der Waals surface area contributed by atoms with Gasteiger partial charge in [0.15, 0.2) is 0 Å². The average molecular weight is 267 g/mol. The molecular weight excluding hydrogens is 245 g/mol. The van der Waals surface area contributed by atoms with Crippen molar-refractivity contribution in [2.75, 3.05) is 11.9 Å². The molecule has 1 heterocycles. The minimum atomic E-state index is -0.504. The summed E-state index contributed by atoms with van der Waals surface area (Å²) in [5.41, 5.74) is 0.261. The van der Waals surface area contributed by atoms with Crippen LogP contribution in [0.25, 0.3) is 0 Å². The van der Waals surface area contributed by atoms with E-state index in [1.165, 1.54) is 6.07 Å². The molecule has 0 aliphatic heterocycles. The smallest absolute Gasteiger partial charge is 0.255 e. The molecule has 0 spiro atoms. The van der Waals surface area contributed by atoms with Gasteiger partial charge in [-0.1, -0.05) is 20.3 Å². The molecule has 5 heteroatoms. The first-order chi connectivity index (χ1) is 9.12. The van der Waals surface area contributed by atoms with Gasteiger partial charge in [-0.3, -0.25) is 4.79 Å². The number of anilines is 1. The van der Waals surface area contributed by atoms with E-state index in [1.807, 2.05) is 13.8 Å². The Morgan fingerprint density at radius 2 is 2.16 bits per heavy atom. The van der Waals surface area contributed by atoms with Crippen LogP contribution in [0.15, 0.2) is 12.3 Å². The Hall–Kier alpha value is -1.65. The molecule has 1 aromatic rings. The van der Waals surface area contributed by atoms with Crippen LogP contribution >= 0.6 is 0 Å². The first kappa shape index (κ1) is 15.4. The van der Waals surface area contributed by atoms with Crippen molar-refractivity contribution in [3.63, 3.8) is 0 Å². The van der Waals surface area contributed by atoms with Gasteiger partial charge in [0.25, 0.3) is 5.91 Å². The maximum Gasteiger partial charge on any atom is 0.255 e. The van der Waals surface area contributed by atoms with E-state index in [1.54, 1.807) is 0 Å². The van der Waals surface area contributed by atoms with Crippen molar-refractivity contribution in [3.05, 3.63) is 23.6 Å². The molecule has 0 fully saturated rings. The van der Waals surface area contributed by atoms with Crippen LogP contribution in [0.4, 0.5) is 10.2 Å². The first-order valence-corrected chi connectivity index (χ1v) is 6.82. The standard InChI is InChI=1S/C14H22FN3O/c1-4-7-11(5-2)18-14(19)12-8-10(15)9-17-13(12)16-6-3/h8-9,11H,4-7H2,1-3H3,(H,16,17)(H,18,19). The van der Waals surface area contributed by atoms with Gasteiger partial charge in [0, 0.05) is 12.6 Å². The molecule has 1 rings (SSSR count). The third kappa shape index (κ3) is 4.50. The Labute approximate surface area is 113 Å². The summed E-state index contributed by atoms with van der Waals surface area (Å²) >= 11 is 0. The van der Waals surface area contributed by atoms with E-state index < -0.39 is 5.82 Å². The molecule has 2 N–H and O–H groups in total. The Morgan fingerprint density at radius 3 is 2.74 bits per heavy atom. The summed E-state index contributed by atoms with van der Waals surface area (Å²) in [5, 5.41) is 5.89.